The van der Waals surface area contributed by atoms with E-state index in [2.05, 4.69) is 15.5 Å². The fourth-order valence-corrected chi connectivity index (χ4v) is 4.22. The Hall–Kier alpha value is -3.68. The zero-order valence-corrected chi connectivity index (χ0v) is 17.1. The van der Waals surface area contributed by atoms with Crippen molar-refractivity contribution < 1.29 is 18.8 Å². The van der Waals surface area contributed by atoms with Crippen LogP contribution < -0.4 is 10.2 Å². The van der Waals surface area contributed by atoms with Gasteiger partial charge in [0.25, 0.3) is 0 Å². The molecule has 1 unspecified atom stereocenters. The van der Waals surface area contributed by atoms with E-state index in [-0.39, 0.29) is 12.0 Å². The number of aryl methyl sites for hydroxylation is 1. The minimum Gasteiger partial charge on any atom is -0.442 e. The maximum Gasteiger partial charge on any atom is 0.414 e. The van der Waals surface area contributed by atoms with Crippen molar-refractivity contribution in [3.63, 3.8) is 0 Å². The van der Waals surface area contributed by atoms with E-state index in [0.29, 0.717) is 13.1 Å². The van der Waals surface area contributed by atoms with E-state index in [1.807, 2.05) is 30.3 Å². The number of nitrogens with zero attached hydrogens (tertiary/aromatic N) is 3. The molecule has 5 rings (SSSR count). The van der Waals surface area contributed by atoms with Crippen LogP contribution in [0.3, 0.4) is 0 Å². The van der Waals surface area contributed by atoms with Crippen LogP contribution in [0, 0.1) is 0 Å². The van der Waals surface area contributed by atoms with Crippen LogP contribution in [0.25, 0.3) is 22.6 Å². The van der Waals surface area contributed by atoms with Crippen LogP contribution in [0.1, 0.15) is 24.5 Å². The van der Waals surface area contributed by atoms with Gasteiger partial charge in [0.15, 0.2) is 5.76 Å². The number of rotatable bonds is 4. The van der Waals surface area contributed by atoms with Crippen molar-refractivity contribution in [1.82, 2.24) is 15.5 Å². The summed E-state index contributed by atoms with van der Waals surface area (Å²) in [5.41, 5.74) is 5.86. The molecule has 2 aliphatic rings. The summed E-state index contributed by atoms with van der Waals surface area (Å²) in [7, 11) is 0. The lowest BCUT2D eigenvalue weighted by Gasteiger charge is -2.15. The molecule has 0 saturated carbocycles. The molecule has 0 radical (unpaired) electrons. The van der Waals surface area contributed by atoms with Crippen LogP contribution in [0.4, 0.5) is 10.5 Å². The molecule has 1 aliphatic carbocycles. The van der Waals surface area contributed by atoms with Gasteiger partial charge in [0.2, 0.25) is 5.91 Å². The van der Waals surface area contributed by atoms with Gasteiger partial charge in [0.1, 0.15) is 11.8 Å². The number of nitrogens with one attached hydrogen (secondary N) is 1. The third-order valence-electron chi connectivity index (χ3n) is 5.71. The van der Waals surface area contributed by atoms with E-state index < -0.39 is 6.09 Å². The number of pyridine rings is 1. The average molecular weight is 418 g/mol. The lowest BCUT2D eigenvalue weighted by Crippen LogP contribution is -2.33. The molecule has 158 valence electrons. The van der Waals surface area contributed by atoms with Gasteiger partial charge in [-0.05, 0) is 55.2 Å². The Morgan fingerprint density at radius 3 is 2.87 bits per heavy atom. The van der Waals surface area contributed by atoms with Gasteiger partial charge in [-0.3, -0.25) is 14.7 Å². The predicted octanol–water partition coefficient (Wildman–Crippen LogP) is 3.35. The predicted molar refractivity (Wildman–Crippen MR) is 113 cm³/mol. The van der Waals surface area contributed by atoms with Crippen LogP contribution in [-0.4, -0.2) is 41.3 Å². The molecule has 0 spiro atoms. The largest absolute Gasteiger partial charge is 0.442 e. The third-order valence-corrected chi connectivity index (χ3v) is 5.71. The molecule has 31 heavy (non-hydrogen) atoms. The molecule has 1 N–H and O–H groups in total. The molecule has 1 saturated heterocycles. The number of hydrogen-bond donors (Lipinski definition) is 1. The Labute approximate surface area is 179 Å². The van der Waals surface area contributed by atoms with E-state index in [4.69, 9.17) is 9.26 Å². The van der Waals surface area contributed by atoms with Gasteiger partial charge in [-0.15, -0.1) is 0 Å². The first-order valence-electron chi connectivity index (χ1n) is 10.3. The molecule has 8 heteroatoms. The Balaban J connectivity index is 1.43. The summed E-state index contributed by atoms with van der Waals surface area (Å²) in [4.78, 5) is 29.2. The van der Waals surface area contributed by atoms with Crippen LogP contribution in [0.15, 0.2) is 47.2 Å². The summed E-state index contributed by atoms with van der Waals surface area (Å²) in [5, 5.41) is 7.04. The number of ether oxygens (including phenoxy) is 1. The molecule has 3 heterocycles. The molecule has 2 amide bonds. The molecule has 3 aromatic rings. The van der Waals surface area contributed by atoms with Crippen LogP contribution in [0.2, 0.25) is 0 Å². The van der Waals surface area contributed by atoms with Crippen LogP contribution >= 0.6 is 0 Å². The highest BCUT2D eigenvalue weighted by Gasteiger charge is 2.33. The number of anilines is 1. The number of carbonyl (C=O) groups is 2. The number of benzene rings is 1. The first-order valence-corrected chi connectivity index (χ1v) is 10.3. The summed E-state index contributed by atoms with van der Waals surface area (Å²) in [6.07, 6.45) is 5.44. The van der Waals surface area contributed by atoms with E-state index >= 15 is 0 Å². The Morgan fingerprint density at radius 2 is 2.06 bits per heavy atom. The molecule has 1 aromatic carbocycles. The topological polar surface area (TPSA) is 97.6 Å². The van der Waals surface area contributed by atoms with Crippen molar-refractivity contribution in [2.75, 3.05) is 18.0 Å². The van der Waals surface area contributed by atoms with Crippen molar-refractivity contribution in [1.29, 1.82) is 0 Å². The third kappa shape index (κ3) is 3.65. The molecule has 1 fully saturated rings. The van der Waals surface area contributed by atoms with Crippen molar-refractivity contribution in [2.24, 2.45) is 0 Å². The fourth-order valence-electron chi connectivity index (χ4n) is 4.22. The smallest absolute Gasteiger partial charge is 0.414 e. The zero-order valence-electron chi connectivity index (χ0n) is 17.1. The number of carbonyl (C=O) groups excluding carboxylic acids is 2. The maximum atomic E-state index is 12.4. The van der Waals surface area contributed by atoms with Crippen molar-refractivity contribution in [3.8, 4) is 22.6 Å². The second kappa shape index (κ2) is 7.86. The maximum absolute atomic E-state index is 12.4. The van der Waals surface area contributed by atoms with Gasteiger partial charge < -0.3 is 14.6 Å². The molecule has 1 aliphatic heterocycles. The summed E-state index contributed by atoms with van der Waals surface area (Å²) in [6.45, 7) is 2.15. The van der Waals surface area contributed by atoms with E-state index in [9.17, 15) is 9.59 Å². The normalized spacial score (nSPS) is 17.5. The first kappa shape index (κ1) is 19.3. The molecule has 2 aromatic heterocycles. The minimum absolute atomic E-state index is 0.145. The zero-order chi connectivity index (χ0) is 21.4. The number of aromatic nitrogens is 2. The van der Waals surface area contributed by atoms with Gasteiger partial charge in [-0.25, -0.2) is 4.79 Å². The summed E-state index contributed by atoms with van der Waals surface area (Å²) in [5.74, 6) is 0.645. The van der Waals surface area contributed by atoms with Gasteiger partial charge in [-0.2, -0.15) is 0 Å². The molecule has 8 nitrogen and oxygen atoms in total. The molecular weight excluding hydrogens is 396 g/mol. The van der Waals surface area contributed by atoms with Crippen molar-refractivity contribution in [3.05, 3.63) is 53.9 Å². The fraction of sp³-hybridized carbons (Fsp3) is 0.304. The number of cyclic esters (lactones) is 1. The van der Waals surface area contributed by atoms with Crippen molar-refractivity contribution in [2.45, 2.75) is 32.3 Å². The van der Waals surface area contributed by atoms with E-state index in [0.717, 1.165) is 58.7 Å². The molecule has 1 atom stereocenters. The SMILES string of the molecule is CC(=O)NCC1CN(c2ccc3c(c2)CCCc2c(-c4ccncc4)noc2-3)C(=O)O1. The highest BCUT2D eigenvalue weighted by Crippen LogP contribution is 2.39. The van der Waals surface area contributed by atoms with E-state index in [1.165, 1.54) is 6.92 Å². The van der Waals surface area contributed by atoms with Crippen molar-refractivity contribution >= 4 is 17.7 Å². The first-order chi connectivity index (χ1) is 15.1. The van der Waals surface area contributed by atoms with Gasteiger partial charge in [0.05, 0.1) is 13.1 Å². The van der Waals surface area contributed by atoms with Crippen LogP contribution in [0.5, 0.6) is 0 Å². The van der Waals surface area contributed by atoms with Crippen LogP contribution in [-0.2, 0) is 22.4 Å². The van der Waals surface area contributed by atoms with Gasteiger partial charge in [-0.1, -0.05) is 5.16 Å². The second-order valence-electron chi connectivity index (χ2n) is 7.82. The van der Waals surface area contributed by atoms with E-state index in [1.54, 1.807) is 17.3 Å². The standard InChI is InChI=1S/C23H22N4O4/c1-14(28)25-12-18-13-27(23(29)30-18)17-5-6-19-16(11-17)3-2-4-20-21(26-31-22(19)20)15-7-9-24-10-8-15/h5-11,18H,2-4,12-13H2,1H3,(H,25,28). The Bertz CT molecular complexity index is 1140. The van der Waals surface area contributed by atoms with Gasteiger partial charge >= 0.3 is 6.09 Å². The summed E-state index contributed by atoms with van der Waals surface area (Å²) >= 11 is 0. The summed E-state index contributed by atoms with van der Waals surface area (Å²) < 4.78 is 11.2. The lowest BCUT2D eigenvalue weighted by atomic mass is 10.00. The highest BCUT2D eigenvalue weighted by atomic mass is 16.6. The second-order valence-corrected chi connectivity index (χ2v) is 7.82. The Morgan fingerprint density at radius 1 is 1.23 bits per heavy atom. The number of fused-ring (bicyclic) bond motifs is 3. The van der Waals surface area contributed by atoms with Gasteiger partial charge in [0, 0.05) is 41.7 Å². The average Bonchev–Trinajstić information content (AvgIpc) is 3.31. The molecule has 0 bridgehead atoms. The monoisotopic (exact) mass is 418 g/mol. The lowest BCUT2D eigenvalue weighted by molar-refractivity contribution is -0.119. The number of amides is 2. The molecular formula is C23H22N4O4. The quantitative estimate of drug-likeness (QED) is 0.698. The Kier molecular flexibility index (Phi) is 4.89. The number of hydrogen-bond acceptors (Lipinski definition) is 6. The summed E-state index contributed by atoms with van der Waals surface area (Å²) in [6, 6.07) is 9.79. The highest BCUT2D eigenvalue weighted by molar-refractivity contribution is 5.90. The minimum atomic E-state index is -0.399.